The van der Waals surface area contributed by atoms with Gasteiger partial charge in [0.05, 0.1) is 33.8 Å². The second kappa shape index (κ2) is 47.8. The molecule has 392 valence electrons. The Labute approximate surface area is 418 Å². The number of allylic oxidation sites excluding steroid dienone is 13. The first-order valence-electron chi connectivity index (χ1n) is 27.4. The van der Waals surface area contributed by atoms with Crippen LogP contribution >= 0.6 is 7.82 Å². The van der Waals surface area contributed by atoms with Crippen molar-refractivity contribution in [3.05, 3.63) is 85.1 Å². The first-order chi connectivity index (χ1) is 32.9. The molecule has 9 nitrogen and oxygen atoms in total. The Bertz CT molecular complexity index is 1440. The molecule has 0 radical (unpaired) electrons. The summed E-state index contributed by atoms with van der Waals surface area (Å²) in [6, 6.07) is -0.868. The summed E-state index contributed by atoms with van der Waals surface area (Å²) in [5.41, 5.74) is 0. The number of likely N-dealkylation sites (N-methyl/N-ethyl adjacent to an activating group) is 1. The van der Waals surface area contributed by atoms with Crippen LogP contribution < -0.4 is 5.32 Å². The predicted molar refractivity (Wildman–Crippen MR) is 291 cm³/mol. The van der Waals surface area contributed by atoms with Crippen molar-refractivity contribution in [3.8, 4) is 0 Å². The standard InChI is InChI=1S/C58H103N2O7P/c1-7-10-13-16-19-22-25-27-28-29-30-31-32-33-36-39-42-45-48-51-58(62)67-56(49-46-43-40-37-35-26-23-20-17-14-11-8-2)55(54-66-68(63,64)65-53-52-60(4,5)6)59-57(61)50-47-44-41-38-34-24-21-18-15-12-9-3/h10,13,18-19,21-22,27-28,30-31,33,36,46,49,55-56H,7-9,11-12,14-17,20,23-26,29,32,34-35,37-45,47-48,50-54H2,1-6H3,(H-,59,61,63,64)/p+1/b13-10-,21-18-,22-19-,28-27-,31-30-,36-33-,49-46-. The zero-order valence-electron chi connectivity index (χ0n) is 44.6. The van der Waals surface area contributed by atoms with Gasteiger partial charge in [0.2, 0.25) is 5.91 Å². The third-order valence-electron chi connectivity index (χ3n) is 11.6. The molecule has 0 aliphatic rings. The van der Waals surface area contributed by atoms with Gasteiger partial charge in [0.25, 0.3) is 0 Å². The van der Waals surface area contributed by atoms with Gasteiger partial charge in [-0.2, -0.15) is 0 Å². The Morgan fingerprint density at radius 3 is 1.49 bits per heavy atom. The fourth-order valence-electron chi connectivity index (χ4n) is 7.30. The molecule has 0 fully saturated rings. The number of hydrogen-bond donors (Lipinski definition) is 2. The third-order valence-corrected chi connectivity index (χ3v) is 12.6. The molecule has 68 heavy (non-hydrogen) atoms. The Morgan fingerprint density at radius 2 is 0.956 bits per heavy atom. The lowest BCUT2D eigenvalue weighted by Gasteiger charge is -2.27. The number of phosphoric ester groups is 1. The van der Waals surface area contributed by atoms with Crippen LogP contribution in [0.1, 0.15) is 220 Å². The van der Waals surface area contributed by atoms with Crippen LogP contribution in [0.25, 0.3) is 0 Å². The van der Waals surface area contributed by atoms with Crippen molar-refractivity contribution >= 4 is 19.7 Å². The molecule has 1 amide bonds. The number of carbonyl (C=O) groups is 2. The van der Waals surface area contributed by atoms with Gasteiger partial charge in [-0.1, -0.05) is 196 Å². The summed E-state index contributed by atoms with van der Waals surface area (Å²) in [7, 11) is 1.46. The second-order valence-corrected chi connectivity index (χ2v) is 20.8. The lowest BCUT2D eigenvalue weighted by Crippen LogP contribution is -2.47. The SMILES string of the molecule is CC/C=C\C/C=C\C/C=C\C/C=C\C/C=C\CCCCCC(=O)OC(/C=C\CCCCCCCCCCCC)C(COP(=O)(O)OCC[N+](C)(C)C)NC(=O)CCCCCCC/C=C\CCCC. The number of ether oxygens (including phenoxy) is 1. The van der Waals surface area contributed by atoms with Crippen LogP contribution in [-0.4, -0.2) is 74.3 Å². The van der Waals surface area contributed by atoms with E-state index >= 15 is 0 Å². The van der Waals surface area contributed by atoms with Crippen LogP contribution in [0, 0.1) is 0 Å². The van der Waals surface area contributed by atoms with Gasteiger partial charge in [-0.05, 0) is 96.0 Å². The summed E-state index contributed by atoms with van der Waals surface area (Å²) >= 11 is 0. The van der Waals surface area contributed by atoms with Crippen molar-refractivity contribution < 1.29 is 37.3 Å². The molecule has 0 spiro atoms. The zero-order chi connectivity index (χ0) is 50.1. The summed E-state index contributed by atoms with van der Waals surface area (Å²) in [6.45, 7) is 6.80. The molecular weight excluding hydrogens is 868 g/mol. The maximum Gasteiger partial charge on any atom is 0.472 e. The Balaban J connectivity index is 5.43. The van der Waals surface area contributed by atoms with Crippen molar-refractivity contribution in [2.75, 3.05) is 40.9 Å². The van der Waals surface area contributed by atoms with Gasteiger partial charge >= 0.3 is 13.8 Å². The summed E-state index contributed by atoms with van der Waals surface area (Å²) in [4.78, 5) is 37.5. The monoisotopic (exact) mass is 972 g/mol. The van der Waals surface area contributed by atoms with E-state index in [2.05, 4.69) is 99.0 Å². The highest BCUT2D eigenvalue weighted by atomic mass is 31.2. The maximum atomic E-state index is 13.4. The molecular formula is C58H104N2O7P+. The molecule has 2 N–H and O–H groups in total. The highest BCUT2D eigenvalue weighted by Crippen LogP contribution is 2.43. The average Bonchev–Trinajstić information content (AvgIpc) is 3.29. The normalized spacial score (nSPS) is 14.5. The first kappa shape index (κ1) is 65.2. The molecule has 0 aliphatic carbocycles. The van der Waals surface area contributed by atoms with Gasteiger partial charge < -0.3 is 19.4 Å². The van der Waals surface area contributed by atoms with E-state index in [0.717, 1.165) is 116 Å². The van der Waals surface area contributed by atoms with Gasteiger partial charge in [-0.3, -0.25) is 18.6 Å². The highest BCUT2D eigenvalue weighted by molar-refractivity contribution is 7.47. The highest BCUT2D eigenvalue weighted by Gasteiger charge is 2.30. The Morgan fingerprint density at radius 1 is 0.529 bits per heavy atom. The molecule has 0 aliphatic heterocycles. The number of esters is 1. The van der Waals surface area contributed by atoms with Crippen LogP contribution in [0.3, 0.4) is 0 Å². The van der Waals surface area contributed by atoms with E-state index in [1.165, 1.54) is 64.2 Å². The van der Waals surface area contributed by atoms with Gasteiger partial charge in [-0.15, -0.1) is 0 Å². The number of phosphoric acid groups is 1. The minimum atomic E-state index is -4.45. The van der Waals surface area contributed by atoms with E-state index in [1.807, 2.05) is 33.3 Å². The largest absolute Gasteiger partial charge is 0.472 e. The van der Waals surface area contributed by atoms with Crippen molar-refractivity contribution in [3.63, 3.8) is 0 Å². The van der Waals surface area contributed by atoms with E-state index in [1.54, 1.807) is 0 Å². The molecule has 0 saturated heterocycles. The lowest BCUT2D eigenvalue weighted by molar-refractivity contribution is -0.870. The smallest absolute Gasteiger partial charge is 0.456 e. The lowest BCUT2D eigenvalue weighted by atomic mass is 10.0. The number of nitrogens with one attached hydrogen (secondary N) is 1. The van der Waals surface area contributed by atoms with Gasteiger partial charge in [0.1, 0.15) is 19.3 Å². The predicted octanol–water partition coefficient (Wildman–Crippen LogP) is 16.3. The first-order valence-corrected chi connectivity index (χ1v) is 28.9. The summed E-state index contributed by atoms with van der Waals surface area (Å²) < 4.78 is 30.5. The number of nitrogens with zero attached hydrogens (tertiary/aromatic N) is 1. The van der Waals surface area contributed by atoms with E-state index in [9.17, 15) is 19.0 Å². The number of unbranched alkanes of at least 4 members (excludes halogenated alkanes) is 20. The molecule has 0 aromatic rings. The van der Waals surface area contributed by atoms with Gasteiger partial charge in [0.15, 0.2) is 0 Å². The van der Waals surface area contributed by atoms with E-state index in [4.69, 9.17) is 13.8 Å². The van der Waals surface area contributed by atoms with E-state index < -0.39 is 20.0 Å². The number of quaternary nitrogens is 1. The summed E-state index contributed by atoms with van der Waals surface area (Å²) in [5, 5.41) is 3.02. The summed E-state index contributed by atoms with van der Waals surface area (Å²) in [5.74, 6) is -0.560. The van der Waals surface area contributed by atoms with Crippen molar-refractivity contribution in [2.24, 2.45) is 0 Å². The minimum absolute atomic E-state index is 0.0295. The molecule has 0 rings (SSSR count). The summed E-state index contributed by atoms with van der Waals surface area (Å²) in [6.07, 6.45) is 61.5. The minimum Gasteiger partial charge on any atom is -0.456 e. The Kier molecular flexibility index (Phi) is 45.9. The third kappa shape index (κ3) is 48.2. The molecule has 0 aromatic heterocycles. The van der Waals surface area contributed by atoms with Crippen LogP contribution in [0.5, 0.6) is 0 Å². The number of rotatable bonds is 48. The molecule has 0 aromatic carbocycles. The van der Waals surface area contributed by atoms with Crippen LogP contribution in [-0.2, 0) is 27.9 Å². The second-order valence-electron chi connectivity index (χ2n) is 19.4. The van der Waals surface area contributed by atoms with Crippen molar-refractivity contribution in [2.45, 2.75) is 232 Å². The molecule has 0 heterocycles. The molecule has 3 atom stereocenters. The number of hydrogen-bond acceptors (Lipinski definition) is 6. The van der Waals surface area contributed by atoms with Gasteiger partial charge in [-0.25, -0.2) is 4.57 Å². The van der Waals surface area contributed by atoms with Gasteiger partial charge in [0, 0.05) is 12.8 Å². The maximum absolute atomic E-state index is 13.4. The molecule has 10 heteroatoms. The fourth-order valence-corrected chi connectivity index (χ4v) is 8.03. The number of carbonyl (C=O) groups excluding carboxylic acids is 2. The molecule has 0 bridgehead atoms. The van der Waals surface area contributed by atoms with Crippen LogP contribution in [0.15, 0.2) is 85.1 Å². The topological polar surface area (TPSA) is 111 Å². The Hall–Kier alpha value is -2.81. The molecule has 0 saturated carbocycles. The van der Waals surface area contributed by atoms with Crippen LogP contribution in [0.4, 0.5) is 0 Å². The average molecular weight is 972 g/mol. The molecule has 3 unspecified atom stereocenters. The number of amides is 1. The zero-order valence-corrected chi connectivity index (χ0v) is 45.5. The fraction of sp³-hybridized carbons (Fsp3) is 0.724. The quantitative estimate of drug-likeness (QED) is 0.0205. The van der Waals surface area contributed by atoms with Crippen molar-refractivity contribution in [1.82, 2.24) is 5.32 Å². The van der Waals surface area contributed by atoms with E-state index in [0.29, 0.717) is 23.9 Å². The van der Waals surface area contributed by atoms with Crippen molar-refractivity contribution in [1.29, 1.82) is 0 Å². The van der Waals surface area contributed by atoms with Crippen LogP contribution in [0.2, 0.25) is 0 Å². The van der Waals surface area contributed by atoms with E-state index in [-0.39, 0.29) is 31.5 Å².